The van der Waals surface area contributed by atoms with Crippen molar-refractivity contribution in [1.29, 1.82) is 0 Å². The second-order valence-electron chi connectivity index (χ2n) is 8.52. The van der Waals surface area contributed by atoms with Gasteiger partial charge in [0.25, 0.3) is 11.6 Å². The zero-order valence-corrected chi connectivity index (χ0v) is 22.2. The number of aliphatic hydroxyl groups excluding tert-OH is 3. The lowest BCUT2D eigenvalue weighted by Gasteiger charge is -2.36. The lowest BCUT2D eigenvalue weighted by atomic mass is 10.0. The van der Waals surface area contributed by atoms with Gasteiger partial charge in [0.05, 0.1) is 33.9 Å². The first-order valence-electron chi connectivity index (χ1n) is 11.8. The molecule has 1 aliphatic heterocycles. The lowest BCUT2D eigenvalue weighted by Crippen LogP contribution is -2.51. The van der Waals surface area contributed by atoms with Gasteiger partial charge in [-0.25, -0.2) is 4.79 Å². The van der Waals surface area contributed by atoms with Crippen molar-refractivity contribution in [2.75, 3.05) is 25.2 Å². The van der Waals surface area contributed by atoms with E-state index in [0.29, 0.717) is 6.42 Å². The number of non-ortho nitro benzene ring substituents is 1. The third-order valence-electron chi connectivity index (χ3n) is 5.67. The molecule has 2 aromatic carbocycles. The second-order valence-corrected chi connectivity index (χ2v) is 9.36. The van der Waals surface area contributed by atoms with Crippen molar-refractivity contribution in [3.8, 4) is 5.75 Å². The molecule has 2 aromatic rings. The first-order chi connectivity index (χ1) is 18.5. The van der Waals surface area contributed by atoms with Crippen LogP contribution in [0.2, 0.25) is 10.0 Å². The van der Waals surface area contributed by atoms with Gasteiger partial charge < -0.3 is 34.8 Å². The van der Waals surface area contributed by atoms with Crippen molar-refractivity contribution in [1.82, 2.24) is 4.90 Å². The molecule has 0 radical (unpaired) electrons. The Labute approximate surface area is 232 Å². The minimum atomic E-state index is -1.32. The maximum atomic E-state index is 13.0. The average molecular weight is 588 g/mol. The summed E-state index contributed by atoms with van der Waals surface area (Å²) in [6, 6.07) is 7.81. The number of carbonyl (C=O) groups is 2. The molecule has 0 aromatic heterocycles. The smallest absolute Gasteiger partial charge is 0.414 e. The van der Waals surface area contributed by atoms with Crippen molar-refractivity contribution < 1.29 is 44.0 Å². The third-order valence-corrected chi connectivity index (χ3v) is 6.22. The van der Waals surface area contributed by atoms with E-state index in [2.05, 4.69) is 5.32 Å². The maximum Gasteiger partial charge on any atom is 0.414 e. The van der Waals surface area contributed by atoms with Crippen LogP contribution in [0.15, 0.2) is 36.4 Å². The van der Waals surface area contributed by atoms with Gasteiger partial charge in [0.1, 0.15) is 18.0 Å². The van der Waals surface area contributed by atoms with E-state index in [1.807, 2.05) is 6.92 Å². The Balaban J connectivity index is 1.71. The zero-order valence-electron chi connectivity index (χ0n) is 20.7. The SMILES string of the molecule is CCCN(COc1ccc(Cl)cc1C(=O)Nc1ccc([N+](=O)[O-])cc1Cl)C(=O)O[C@H]1C[C@@H](O)[C@H](O)[C@@H](CO)O1. The van der Waals surface area contributed by atoms with Gasteiger partial charge in [0, 0.05) is 30.1 Å². The largest absolute Gasteiger partial charge is 0.472 e. The number of rotatable bonds is 10. The Morgan fingerprint density at radius 2 is 1.97 bits per heavy atom. The number of nitro benzene ring substituents is 1. The minimum absolute atomic E-state index is 0.000228. The molecule has 0 spiro atoms. The van der Waals surface area contributed by atoms with Crippen molar-refractivity contribution in [3.05, 3.63) is 62.1 Å². The maximum absolute atomic E-state index is 13.0. The summed E-state index contributed by atoms with van der Waals surface area (Å²) in [5, 5.41) is 42.8. The Morgan fingerprint density at radius 1 is 1.23 bits per heavy atom. The summed E-state index contributed by atoms with van der Waals surface area (Å²) in [5.74, 6) is -0.609. The van der Waals surface area contributed by atoms with Crippen LogP contribution >= 0.6 is 23.2 Å². The molecule has 3 rings (SSSR count). The van der Waals surface area contributed by atoms with Crippen molar-refractivity contribution in [2.45, 2.75) is 44.4 Å². The summed E-state index contributed by atoms with van der Waals surface area (Å²) >= 11 is 12.2. The summed E-state index contributed by atoms with van der Waals surface area (Å²) in [6.07, 6.45) is -5.44. The monoisotopic (exact) mass is 587 g/mol. The van der Waals surface area contributed by atoms with Gasteiger partial charge in [-0.1, -0.05) is 30.1 Å². The van der Waals surface area contributed by atoms with Crippen LogP contribution in [0.25, 0.3) is 0 Å². The van der Waals surface area contributed by atoms with Crippen molar-refractivity contribution in [3.63, 3.8) is 0 Å². The van der Waals surface area contributed by atoms with Crippen LogP contribution in [0.3, 0.4) is 0 Å². The van der Waals surface area contributed by atoms with Crippen LogP contribution in [0.4, 0.5) is 16.2 Å². The molecule has 1 heterocycles. The molecule has 212 valence electrons. The van der Waals surface area contributed by atoms with Gasteiger partial charge >= 0.3 is 6.09 Å². The van der Waals surface area contributed by atoms with E-state index in [1.165, 1.54) is 35.2 Å². The van der Waals surface area contributed by atoms with Crippen LogP contribution < -0.4 is 10.1 Å². The van der Waals surface area contributed by atoms with Crippen molar-refractivity contribution >= 4 is 46.6 Å². The highest BCUT2D eigenvalue weighted by Gasteiger charge is 2.38. The number of anilines is 1. The number of aliphatic hydroxyl groups is 3. The second kappa shape index (κ2) is 13.7. The predicted molar refractivity (Wildman–Crippen MR) is 139 cm³/mol. The van der Waals surface area contributed by atoms with Gasteiger partial charge in [-0.2, -0.15) is 0 Å². The van der Waals surface area contributed by atoms with Gasteiger partial charge in [0.15, 0.2) is 6.73 Å². The minimum Gasteiger partial charge on any atom is -0.472 e. The third kappa shape index (κ3) is 7.91. The van der Waals surface area contributed by atoms with E-state index in [4.69, 9.17) is 37.4 Å². The molecule has 1 aliphatic rings. The quantitative estimate of drug-likeness (QED) is 0.183. The molecule has 2 amide bonds. The van der Waals surface area contributed by atoms with Gasteiger partial charge in [-0.05, 0) is 30.7 Å². The fourth-order valence-corrected chi connectivity index (χ4v) is 4.06. The molecule has 1 saturated heterocycles. The molecular weight excluding hydrogens is 561 g/mol. The average Bonchev–Trinajstić information content (AvgIpc) is 2.89. The molecule has 4 N–H and O–H groups in total. The number of carbonyl (C=O) groups excluding carboxylic acids is 2. The standard InChI is InChI=1S/C24H27Cl2N3O10/c1-2-7-28(24(34)39-21-10-18(31)22(32)20(11-30)38-21)12-37-19-6-3-13(25)8-15(19)23(33)27-17-5-4-14(29(35)36)9-16(17)26/h3-6,8-9,18,20-22,30-32H,2,7,10-12H2,1H3,(H,27,33)/t18-,20-,21+,22+/m1/s1. The Morgan fingerprint density at radius 3 is 2.62 bits per heavy atom. The van der Waals surface area contributed by atoms with Crippen molar-refractivity contribution in [2.24, 2.45) is 0 Å². The van der Waals surface area contributed by atoms with Gasteiger partial charge in [0.2, 0.25) is 6.29 Å². The molecule has 4 atom stereocenters. The molecule has 13 nitrogen and oxygen atoms in total. The zero-order chi connectivity index (χ0) is 28.7. The van der Waals surface area contributed by atoms with Crippen LogP contribution in [0.5, 0.6) is 5.75 Å². The summed E-state index contributed by atoms with van der Waals surface area (Å²) in [6.45, 7) is 1.09. The first-order valence-corrected chi connectivity index (χ1v) is 12.5. The number of benzene rings is 2. The number of hydrogen-bond donors (Lipinski definition) is 4. The normalized spacial score (nSPS) is 20.7. The predicted octanol–water partition coefficient (Wildman–Crippen LogP) is 3.17. The number of nitro groups is 1. The molecule has 0 saturated carbocycles. The fraction of sp³-hybridized carbons (Fsp3) is 0.417. The summed E-state index contributed by atoms with van der Waals surface area (Å²) in [5.41, 5.74) is -0.125. The van der Waals surface area contributed by atoms with E-state index in [9.17, 15) is 35.0 Å². The molecule has 0 bridgehead atoms. The van der Waals surface area contributed by atoms with E-state index < -0.39 is 48.1 Å². The first kappa shape index (κ1) is 30.3. The number of hydrogen-bond acceptors (Lipinski definition) is 10. The fourth-order valence-electron chi connectivity index (χ4n) is 3.67. The van der Waals surface area contributed by atoms with E-state index in [-0.39, 0.29) is 52.4 Å². The number of ether oxygens (including phenoxy) is 3. The Hall–Kier alpha value is -3.20. The number of halogens is 2. The topological polar surface area (TPSA) is 181 Å². The number of nitrogens with one attached hydrogen (secondary N) is 1. The van der Waals surface area contributed by atoms with E-state index in [1.54, 1.807) is 0 Å². The highest BCUT2D eigenvalue weighted by molar-refractivity contribution is 6.34. The molecule has 0 unspecified atom stereocenters. The van der Waals surface area contributed by atoms with Gasteiger partial charge in [-0.3, -0.25) is 19.8 Å². The summed E-state index contributed by atoms with van der Waals surface area (Å²) in [4.78, 5) is 37.3. The summed E-state index contributed by atoms with van der Waals surface area (Å²) < 4.78 is 16.4. The summed E-state index contributed by atoms with van der Waals surface area (Å²) in [7, 11) is 0. The lowest BCUT2D eigenvalue weighted by molar-refractivity contribution is -0.384. The van der Waals surface area contributed by atoms with Crippen LogP contribution in [0.1, 0.15) is 30.1 Å². The molecular formula is C24H27Cl2N3O10. The molecule has 0 aliphatic carbocycles. The Bertz CT molecular complexity index is 1200. The number of nitrogens with zero attached hydrogens (tertiary/aromatic N) is 2. The number of amides is 2. The van der Waals surface area contributed by atoms with Crippen LogP contribution in [-0.4, -0.2) is 81.6 Å². The molecule has 39 heavy (non-hydrogen) atoms. The molecule has 1 fully saturated rings. The van der Waals surface area contributed by atoms with Gasteiger partial charge in [-0.15, -0.1) is 0 Å². The van der Waals surface area contributed by atoms with Crippen LogP contribution in [-0.2, 0) is 9.47 Å². The van der Waals surface area contributed by atoms with E-state index in [0.717, 1.165) is 6.07 Å². The van der Waals surface area contributed by atoms with E-state index >= 15 is 0 Å². The van der Waals surface area contributed by atoms with Crippen LogP contribution in [0, 0.1) is 10.1 Å². The highest BCUT2D eigenvalue weighted by Crippen LogP contribution is 2.29. The Kier molecular flexibility index (Phi) is 10.7. The molecule has 15 heteroatoms. The highest BCUT2D eigenvalue weighted by atomic mass is 35.5.